The molecular formula is C6H14N2S. The summed E-state index contributed by atoms with van der Waals surface area (Å²) in [5.41, 5.74) is 0. The van der Waals surface area contributed by atoms with Crippen LogP contribution in [0.3, 0.4) is 0 Å². The SMILES string of the molecule is CSC(=N)N(C)C(C)C. The van der Waals surface area contributed by atoms with Crippen molar-refractivity contribution in [3.63, 3.8) is 0 Å². The highest BCUT2D eigenvalue weighted by Gasteiger charge is 2.04. The second kappa shape index (κ2) is 3.77. The first-order valence-electron chi connectivity index (χ1n) is 2.95. The van der Waals surface area contributed by atoms with Crippen LogP contribution in [0.25, 0.3) is 0 Å². The van der Waals surface area contributed by atoms with E-state index in [0.29, 0.717) is 11.2 Å². The number of nitrogens with one attached hydrogen (secondary N) is 1. The Hall–Kier alpha value is -0.180. The van der Waals surface area contributed by atoms with E-state index in [2.05, 4.69) is 13.8 Å². The first-order valence-corrected chi connectivity index (χ1v) is 4.17. The van der Waals surface area contributed by atoms with Gasteiger partial charge in [-0.3, -0.25) is 5.41 Å². The Balaban J connectivity index is 3.72. The van der Waals surface area contributed by atoms with E-state index >= 15 is 0 Å². The minimum Gasteiger partial charge on any atom is -0.352 e. The number of thioether (sulfide) groups is 1. The maximum absolute atomic E-state index is 7.36. The molecule has 54 valence electrons. The predicted molar refractivity (Wildman–Crippen MR) is 44.1 cm³/mol. The fraction of sp³-hybridized carbons (Fsp3) is 0.833. The average Bonchev–Trinajstić information content (AvgIpc) is 1.84. The lowest BCUT2D eigenvalue weighted by Crippen LogP contribution is -2.30. The summed E-state index contributed by atoms with van der Waals surface area (Å²) in [7, 11) is 1.93. The van der Waals surface area contributed by atoms with Crippen LogP contribution in [-0.2, 0) is 0 Å². The Kier molecular flexibility index (Phi) is 3.70. The van der Waals surface area contributed by atoms with E-state index in [4.69, 9.17) is 5.41 Å². The monoisotopic (exact) mass is 146 g/mol. The molecule has 0 aliphatic rings. The predicted octanol–water partition coefficient (Wildman–Crippen LogP) is 1.62. The van der Waals surface area contributed by atoms with Gasteiger partial charge in [-0.2, -0.15) is 0 Å². The first-order chi connectivity index (χ1) is 4.09. The molecule has 9 heavy (non-hydrogen) atoms. The van der Waals surface area contributed by atoms with Crippen LogP contribution >= 0.6 is 11.8 Å². The lowest BCUT2D eigenvalue weighted by Gasteiger charge is -2.22. The smallest absolute Gasteiger partial charge is 0.156 e. The van der Waals surface area contributed by atoms with E-state index in [1.165, 1.54) is 11.8 Å². The molecule has 0 unspecified atom stereocenters. The summed E-state index contributed by atoms with van der Waals surface area (Å²) >= 11 is 1.47. The second-order valence-electron chi connectivity index (χ2n) is 2.21. The third-order valence-corrected chi connectivity index (χ3v) is 1.96. The third kappa shape index (κ3) is 2.75. The summed E-state index contributed by atoms with van der Waals surface area (Å²) in [6.45, 7) is 4.15. The molecule has 0 radical (unpaired) electrons. The van der Waals surface area contributed by atoms with Gasteiger partial charge in [0.25, 0.3) is 0 Å². The van der Waals surface area contributed by atoms with Crippen molar-refractivity contribution in [3.05, 3.63) is 0 Å². The van der Waals surface area contributed by atoms with E-state index < -0.39 is 0 Å². The molecule has 0 rings (SSSR count). The zero-order valence-electron chi connectivity index (χ0n) is 6.43. The topological polar surface area (TPSA) is 27.1 Å². The molecule has 0 fully saturated rings. The van der Waals surface area contributed by atoms with Gasteiger partial charge in [-0.1, -0.05) is 11.8 Å². The van der Waals surface area contributed by atoms with Gasteiger partial charge >= 0.3 is 0 Å². The van der Waals surface area contributed by atoms with Gasteiger partial charge in [0.05, 0.1) is 0 Å². The van der Waals surface area contributed by atoms with Gasteiger partial charge in [-0.25, -0.2) is 0 Å². The van der Waals surface area contributed by atoms with Crippen molar-refractivity contribution in [2.24, 2.45) is 0 Å². The van der Waals surface area contributed by atoms with Gasteiger partial charge in [0.1, 0.15) is 0 Å². The molecule has 0 spiro atoms. The van der Waals surface area contributed by atoms with Gasteiger partial charge in [0.2, 0.25) is 0 Å². The fourth-order valence-electron chi connectivity index (χ4n) is 0.379. The van der Waals surface area contributed by atoms with Crippen molar-refractivity contribution >= 4 is 16.9 Å². The molecule has 0 heterocycles. The molecule has 0 aliphatic heterocycles. The van der Waals surface area contributed by atoms with Crippen LogP contribution in [0, 0.1) is 5.41 Å². The molecule has 0 saturated carbocycles. The lowest BCUT2D eigenvalue weighted by molar-refractivity contribution is 0.423. The highest BCUT2D eigenvalue weighted by molar-refractivity contribution is 8.13. The summed E-state index contributed by atoms with van der Waals surface area (Å²) in [4.78, 5) is 1.94. The van der Waals surface area contributed by atoms with Crippen LogP contribution in [0.1, 0.15) is 13.8 Å². The van der Waals surface area contributed by atoms with Crippen LogP contribution in [-0.4, -0.2) is 29.4 Å². The van der Waals surface area contributed by atoms with Crippen LogP contribution in [0.15, 0.2) is 0 Å². The molecule has 1 N–H and O–H groups in total. The molecule has 0 saturated heterocycles. The van der Waals surface area contributed by atoms with Crippen molar-refractivity contribution in [1.82, 2.24) is 4.90 Å². The Labute approximate surface area is 61.1 Å². The number of hydrogen-bond donors (Lipinski definition) is 1. The van der Waals surface area contributed by atoms with Crippen LogP contribution < -0.4 is 0 Å². The lowest BCUT2D eigenvalue weighted by atomic mass is 10.4. The highest BCUT2D eigenvalue weighted by Crippen LogP contribution is 2.03. The Bertz CT molecular complexity index is 101. The minimum atomic E-state index is 0.435. The third-order valence-electron chi connectivity index (χ3n) is 1.29. The van der Waals surface area contributed by atoms with E-state index in [9.17, 15) is 0 Å². The summed E-state index contributed by atoms with van der Waals surface area (Å²) in [5, 5.41) is 7.99. The maximum atomic E-state index is 7.36. The molecule has 2 nitrogen and oxygen atoms in total. The van der Waals surface area contributed by atoms with Crippen molar-refractivity contribution in [1.29, 1.82) is 5.41 Å². The standard InChI is InChI=1S/C6H14N2S/c1-5(2)8(3)6(7)9-4/h5,7H,1-4H3. The number of rotatable bonds is 1. The summed E-state index contributed by atoms with van der Waals surface area (Å²) in [6, 6.07) is 0.435. The van der Waals surface area contributed by atoms with Crippen molar-refractivity contribution in [3.8, 4) is 0 Å². The molecule has 0 aliphatic carbocycles. The van der Waals surface area contributed by atoms with E-state index in [1.54, 1.807) is 0 Å². The molecule has 0 aromatic rings. The largest absolute Gasteiger partial charge is 0.352 e. The van der Waals surface area contributed by atoms with E-state index in [0.717, 1.165) is 0 Å². The van der Waals surface area contributed by atoms with Crippen molar-refractivity contribution in [2.75, 3.05) is 13.3 Å². The fourth-order valence-corrected chi connectivity index (χ4v) is 0.877. The van der Waals surface area contributed by atoms with Gasteiger partial charge in [0, 0.05) is 13.1 Å². The van der Waals surface area contributed by atoms with E-state index in [-0.39, 0.29) is 0 Å². The zero-order valence-corrected chi connectivity index (χ0v) is 7.25. The summed E-state index contributed by atoms with van der Waals surface area (Å²) in [6.07, 6.45) is 1.92. The van der Waals surface area contributed by atoms with Crippen molar-refractivity contribution < 1.29 is 0 Å². The summed E-state index contributed by atoms with van der Waals surface area (Å²) in [5.74, 6) is 0. The number of nitrogens with zero attached hydrogens (tertiary/aromatic N) is 1. The van der Waals surface area contributed by atoms with Gasteiger partial charge in [-0.15, -0.1) is 0 Å². The number of hydrogen-bond acceptors (Lipinski definition) is 2. The van der Waals surface area contributed by atoms with Crippen LogP contribution in [0.4, 0.5) is 0 Å². The minimum absolute atomic E-state index is 0.435. The van der Waals surface area contributed by atoms with Gasteiger partial charge < -0.3 is 4.90 Å². The first kappa shape index (κ1) is 8.82. The van der Waals surface area contributed by atoms with Crippen LogP contribution in [0.2, 0.25) is 0 Å². The number of amidine groups is 1. The average molecular weight is 146 g/mol. The highest BCUT2D eigenvalue weighted by atomic mass is 32.2. The molecule has 0 amide bonds. The molecular weight excluding hydrogens is 132 g/mol. The summed E-state index contributed by atoms with van der Waals surface area (Å²) < 4.78 is 0. The normalized spacial score (nSPS) is 9.89. The molecule has 0 aromatic heterocycles. The Morgan fingerprint density at radius 1 is 1.56 bits per heavy atom. The van der Waals surface area contributed by atoms with E-state index in [1.807, 2.05) is 18.2 Å². The maximum Gasteiger partial charge on any atom is 0.156 e. The molecule has 0 bridgehead atoms. The van der Waals surface area contributed by atoms with Gasteiger partial charge in [-0.05, 0) is 20.1 Å². The molecule has 0 aromatic carbocycles. The quantitative estimate of drug-likeness (QED) is 0.449. The van der Waals surface area contributed by atoms with Crippen LogP contribution in [0.5, 0.6) is 0 Å². The van der Waals surface area contributed by atoms with Crippen molar-refractivity contribution in [2.45, 2.75) is 19.9 Å². The Morgan fingerprint density at radius 2 is 2.00 bits per heavy atom. The molecule has 3 heteroatoms. The Morgan fingerprint density at radius 3 is 2.11 bits per heavy atom. The van der Waals surface area contributed by atoms with Gasteiger partial charge in [0.15, 0.2) is 5.17 Å². The molecule has 0 atom stereocenters. The zero-order chi connectivity index (χ0) is 7.44. The second-order valence-corrected chi connectivity index (χ2v) is 3.01.